The summed E-state index contributed by atoms with van der Waals surface area (Å²) in [5, 5.41) is 0. The SMILES string of the molecule is CC(=O)N1CCN(C(=O)CCC(=O)NNC(=O)[C@@H](C)Oc2ccc(F)cc2)CC1. The van der Waals surface area contributed by atoms with Gasteiger partial charge in [0.25, 0.3) is 5.91 Å². The molecule has 1 heterocycles. The minimum Gasteiger partial charge on any atom is -0.481 e. The molecule has 0 aliphatic carbocycles. The molecule has 2 rings (SSSR count). The fourth-order valence-corrected chi connectivity index (χ4v) is 2.72. The Kier molecular flexibility index (Phi) is 7.93. The van der Waals surface area contributed by atoms with Gasteiger partial charge in [0.1, 0.15) is 11.6 Å². The lowest BCUT2D eigenvalue weighted by Crippen LogP contribution is -2.50. The van der Waals surface area contributed by atoms with Gasteiger partial charge in [0.05, 0.1) is 0 Å². The third-order valence-electron chi connectivity index (χ3n) is 4.46. The highest BCUT2D eigenvalue weighted by atomic mass is 19.1. The highest BCUT2D eigenvalue weighted by molar-refractivity contribution is 5.87. The van der Waals surface area contributed by atoms with Crippen LogP contribution >= 0.6 is 0 Å². The van der Waals surface area contributed by atoms with E-state index in [0.29, 0.717) is 31.9 Å². The molecule has 1 aromatic rings. The van der Waals surface area contributed by atoms with Gasteiger partial charge >= 0.3 is 0 Å². The van der Waals surface area contributed by atoms with Crippen LogP contribution in [0.5, 0.6) is 5.75 Å². The van der Waals surface area contributed by atoms with Crippen molar-refractivity contribution in [3.05, 3.63) is 30.1 Å². The van der Waals surface area contributed by atoms with E-state index in [0.717, 1.165) is 0 Å². The number of benzene rings is 1. The first-order valence-corrected chi connectivity index (χ1v) is 9.30. The first-order chi connectivity index (χ1) is 13.8. The minimum atomic E-state index is -0.917. The monoisotopic (exact) mass is 408 g/mol. The van der Waals surface area contributed by atoms with E-state index in [1.165, 1.54) is 38.1 Å². The lowest BCUT2D eigenvalue weighted by Gasteiger charge is -2.34. The van der Waals surface area contributed by atoms with Gasteiger partial charge in [0.2, 0.25) is 17.7 Å². The van der Waals surface area contributed by atoms with Crippen molar-refractivity contribution < 1.29 is 28.3 Å². The molecule has 4 amide bonds. The highest BCUT2D eigenvalue weighted by Gasteiger charge is 2.23. The fraction of sp³-hybridized carbons (Fsp3) is 0.474. The van der Waals surface area contributed by atoms with Gasteiger partial charge in [-0.3, -0.25) is 30.0 Å². The summed E-state index contributed by atoms with van der Waals surface area (Å²) in [5.74, 6) is -1.40. The van der Waals surface area contributed by atoms with E-state index >= 15 is 0 Å². The molecule has 1 aliphatic rings. The van der Waals surface area contributed by atoms with E-state index in [-0.39, 0.29) is 24.7 Å². The van der Waals surface area contributed by atoms with E-state index < -0.39 is 23.7 Å². The Balaban J connectivity index is 1.66. The summed E-state index contributed by atoms with van der Waals surface area (Å²) in [6, 6.07) is 5.19. The van der Waals surface area contributed by atoms with Crippen LogP contribution in [0.15, 0.2) is 24.3 Å². The molecule has 1 atom stereocenters. The number of rotatable bonds is 6. The topological polar surface area (TPSA) is 108 Å². The predicted octanol–water partition coefficient (Wildman–Crippen LogP) is 0.211. The van der Waals surface area contributed by atoms with Gasteiger partial charge < -0.3 is 14.5 Å². The summed E-state index contributed by atoms with van der Waals surface area (Å²) in [5.41, 5.74) is 4.47. The van der Waals surface area contributed by atoms with Gasteiger partial charge in [-0.15, -0.1) is 0 Å². The summed E-state index contributed by atoms with van der Waals surface area (Å²) in [6.45, 7) is 4.81. The molecule has 1 aromatic carbocycles. The second-order valence-electron chi connectivity index (χ2n) is 6.64. The number of carbonyl (C=O) groups is 4. The molecule has 1 saturated heterocycles. The summed E-state index contributed by atoms with van der Waals surface area (Å²) in [7, 11) is 0. The number of piperazine rings is 1. The average molecular weight is 408 g/mol. The fourth-order valence-electron chi connectivity index (χ4n) is 2.72. The Morgan fingerprint density at radius 1 is 1.00 bits per heavy atom. The van der Waals surface area contributed by atoms with Crippen LogP contribution < -0.4 is 15.6 Å². The van der Waals surface area contributed by atoms with Crippen molar-refractivity contribution in [1.82, 2.24) is 20.7 Å². The third kappa shape index (κ3) is 7.05. The molecule has 0 unspecified atom stereocenters. The molecule has 0 saturated carbocycles. The molecular weight excluding hydrogens is 383 g/mol. The Bertz CT molecular complexity index is 747. The molecule has 1 aliphatic heterocycles. The van der Waals surface area contributed by atoms with Crippen LogP contribution in [0.2, 0.25) is 0 Å². The third-order valence-corrected chi connectivity index (χ3v) is 4.46. The number of hydrogen-bond donors (Lipinski definition) is 2. The summed E-state index contributed by atoms with van der Waals surface area (Å²) in [6.07, 6.45) is -0.997. The second-order valence-corrected chi connectivity index (χ2v) is 6.64. The Morgan fingerprint density at radius 2 is 1.59 bits per heavy atom. The molecule has 0 radical (unpaired) electrons. The maximum Gasteiger partial charge on any atom is 0.279 e. The predicted molar refractivity (Wildman–Crippen MR) is 101 cm³/mol. The van der Waals surface area contributed by atoms with Crippen LogP contribution in [0, 0.1) is 5.82 Å². The lowest BCUT2D eigenvalue weighted by atomic mass is 10.2. The number of carbonyl (C=O) groups excluding carboxylic acids is 4. The highest BCUT2D eigenvalue weighted by Crippen LogP contribution is 2.13. The number of hydrazine groups is 1. The first kappa shape index (κ1) is 22.1. The summed E-state index contributed by atoms with van der Waals surface area (Å²) < 4.78 is 18.2. The Hall–Kier alpha value is -3.17. The molecule has 2 N–H and O–H groups in total. The van der Waals surface area contributed by atoms with Crippen LogP contribution in [0.1, 0.15) is 26.7 Å². The van der Waals surface area contributed by atoms with Crippen LogP contribution in [-0.4, -0.2) is 65.7 Å². The lowest BCUT2D eigenvalue weighted by molar-refractivity contribution is -0.139. The molecule has 1 fully saturated rings. The van der Waals surface area contributed by atoms with Crippen molar-refractivity contribution in [2.24, 2.45) is 0 Å². The molecule has 0 spiro atoms. The van der Waals surface area contributed by atoms with Gasteiger partial charge in [0, 0.05) is 45.9 Å². The van der Waals surface area contributed by atoms with Crippen LogP contribution in [0.25, 0.3) is 0 Å². The maximum atomic E-state index is 12.9. The average Bonchev–Trinajstić information content (AvgIpc) is 2.71. The number of hydrogen-bond acceptors (Lipinski definition) is 5. The zero-order valence-corrected chi connectivity index (χ0v) is 16.4. The molecule has 29 heavy (non-hydrogen) atoms. The second kappa shape index (κ2) is 10.4. The number of halogens is 1. The van der Waals surface area contributed by atoms with Crippen molar-refractivity contribution >= 4 is 23.6 Å². The van der Waals surface area contributed by atoms with Crippen molar-refractivity contribution in [2.75, 3.05) is 26.2 Å². The zero-order valence-electron chi connectivity index (χ0n) is 16.4. The quantitative estimate of drug-likeness (QED) is 0.655. The van der Waals surface area contributed by atoms with Gasteiger partial charge in [0.15, 0.2) is 6.10 Å². The van der Waals surface area contributed by atoms with Gasteiger partial charge in [-0.25, -0.2) is 4.39 Å². The number of nitrogens with one attached hydrogen (secondary N) is 2. The number of amides is 4. The molecular formula is C19H25FN4O5. The zero-order chi connectivity index (χ0) is 21.4. The van der Waals surface area contributed by atoms with Crippen molar-refractivity contribution in [3.8, 4) is 5.75 Å². The number of ether oxygens (including phenoxy) is 1. The van der Waals surface area contributed by atoms with Crippen LogP contribution in [0.4, 0.5) is 4.39 Å². The Labute approximate surface area is 168 Å². The van der Waals surface area contributed by atoms with Gasteiger partial charge in [-0.05, 0) is 31.2 Å². The molecule has 158 valence electrons. The standard InChI is InChI=1S/C19H25FN4O5/c1-13(29-16-5-3-15(20)4-6-16)19(28)22-21-17(26)7-8-18(27)24-11-9-23(10-12-24)14(2)25/h3-6,13H,7-12H2,1-2H3,(H,21,26)(H,22,28)/t13-/m1/s1. The molecule has 10 heteroatoms. The van der Waals surface area contributed by atoms with Gasteiger partial charge in [-0.1, -0.05) is 0 Å². The minimum absolute atomic E-state index is 0.00338. The van der Waals surface area contributed by atoms with E-state index in [4.69, 9.17) is 4.74 Å². The summed E-state index contributed by atoms with van der Waals surface area (Å²) in [4.78, 5) is 50.6. The molecule has 0 bridgehead atoms. The largest absolute Gasteiger partial charge is 0.481 e. The summed E-state index contributed by atoms with van der Waals surface area (Å²) >= 11 is 0. The molecule has 9 nitrogen and oxygen atoms in total. The van der Waals surface area contributed by atoms with Crippen LogP contribution in [-0.2, 0) is 19.2 Å². The van der Waals surface area contributed by atoms with E-state index in [2.05, 4.69) is 10.9 Å². The maximum absolute atomic E-state index is 12.9. The Morgan fingerprint density at radius 3 is 2.17 bits per heavy atom. The molecule has 0 aromatic heterocycles. The van der Waals surface area contributed by atoms with Crippen molar-refractivity contribution in [1.29, 1.82) is 0 Å². The normalized spacial score (nSPS) is 14.7. The van der Waals surface area contributed by atoms with Crippen molar-refractivity contribution in [3.63, 3.8) is 0 Å². The first-order valence-electron chi connectivity index (χ1n) is 9.30. The van der Waals surface area contributed by atoms with E-state index in [1.807, 2.05) is 0 Å². The van der Waals surface area contributed by atoms with E-state index in [9.17, 15) is 23.6 Å². The van der Waals surface area contributed by atoms with Crippen LogP contribution in [0.3, 0.4) is 0 Å². The smallest absolute Gasteiger partial charge is 0.279 e. The van der Waals surface area contributed by atoms with E-state index in [1.54, 1.807) is 9.80 Å². The van der Waals surface area contributed by atoms with Crippen molar-refractivity contribution in [2.45, 2.75) is 32.8 Å². The van der Waals surface area contributed by atoms with Gasteiger partial charge in [-0.2, -0.15) is 0 Å². The number of nitrogens with zero attached hydrogens (tertiary/aromatic N) is 2.